The highest BCUT2D eigenvalue weighted by atomic mass is 16.5. The molecule has 0 radical (unpaired) electrons. The minimum absolute atomic E-state index is 0.134. The van der Waals surface area contributed by atoms with Crippen molar-refractivity contribution in [1.29, 1.82) is 0 Å². The highest BCUT2D eigenvalue weighted by molar-refractivity contribution is 6.29. The molecular formula is C30H26N4O5. The van der Waals surface area contributed by atoms with Crippen molar-refractivity contribution >= 4 is 34.7 Å². The normalized spacial score (nSPS) is 12.9. The van der Waals surface area contributed by atoms with Crippen LogP contribution in [0.1, 0.15) is 17.3 Å². The molecule has 0 saturated carbocycles. The van der Waals surface area contributed by atoms with E-state index in [1.807, 2.05) is 24.3 Å². The summed E-state index contributed by atoms with van der Waals surface area (Å²) in [6, 6.07) is 20.4. The molecule has 3 aromatic carbocycles. The third kappa shape index (κ3) is 7.42. The van der Waals surface area contributed by atoms with Crippen LogP contribution in [0.4, 0.5) is 17.1 Å². The summed E-state index contributed by atoms with van der Waals surface area (Å²) in [6.45, 7) is 2.11. The first-order valence-corrected chi connectivity index (χ1v) is 11.6. The zero-order chi connectivity index (χ0) is 28.2. The van der Waals surface area contributed by atoms with E-state index in [2.05, 4.69) is 22.3 Å². The van der Waals surface area contributed by atoms with E-state index in [9.17, 15) is 9.59 Å². The number of nitrogens with two attached hydrogens (primary N) is 1. The third-order valence-corrected chi connectivity index (χ3v) is 5.22. The molecule has 0 bridgehead atoms. The van der Waals surface area contributed by atoms with Gasteiger partial charge in [-0.2, -0.15) is 10.1 Å². The summed E-state index contributed by atoms with van der Waals surface area (Å²) in [5.74, 6) is 4.63. The largest absolute Gasteiger partial charge is 0.479 e. The van der Waals surface area contributed by atoms with Crippen molar-refractivity contribution in [3.05, 3.63) is 90.1 Å². The number of carbonyl (C=O) groups is 2. The Kier molecular flexibility index (Phi) is 9.72. The standard InChI is InChI=1S/C21H17N3O4.C9H9NO/c1-3-12-28-19-7-5-4-6-18(19)22-13-17-14(2)23-24(20(17)25)16-10-8-15(9-11-16)21(26)27;1-2-7-11-9-6-4-3-5-8(9)10/h1,4-11,13,22H,12H2,2H3,(H,26,27);1,3-6H,7,10H2/b17-13-;. The number of aromatic carboxylic acids is 1. The number of nitrogen functional groups attached to an aromatic ring is 1. The first-order valence-electron chi connectivity index (χ1n) is 11.6. The van der Waals surface area contributed by atoms with Crippen molar-refractivity contribution in [1.82, 2.24) is 0 Å². The SMILES string of the molecule is C#CCOc1ccccc1N.C#CCOc1ccccc1N/C=C1\C(=O)N(c2ccc(C(=O)O)cc2)N=C1C. The van der Waals surface area contributed by atoms with Crippen LogP contribution in [0.2, 0.25) is 0 Å². The minimum Gasteiger partial charge on any atom is -0.479 e. The van der Waals surface area contributed by atoms with E-state index < -0.39 is 5.97 Å². The second kappa shape index (κ2) is 13.6. The van der Waals surface area contributed by atoms with Gasteiger partial charge in [0.05, 0.1) is 33.9 Å². The lowest BCUT2D eigenvalue weighted by molar-refractivity contribution is -0.114. The molecule has 39 heavy (non-hydrogen) atoms. The van der Waals surface area contributed by atoms with Crippen molar-refractivity contribution in [3.8, 4) is 36.2 Å². The summed E-state index contributed by atoms with van der Waals surface area (Å²) in [4.78, 5) is 23.7. The number of carboxylic acids is 1. The van der Waals surface area contributed by atoms with Gasteiger partial charge in [0.2, 0.25) is 0 Å². The van der Waals surface area contributed by atoms with Gasteiger partial charge in [0, 0.05) is 6.20 Å². The maximum absolute atomic E-state index is 12.7. The lowest BCUT2D eigenvalue weighted by atomic mass is 10.1. The van der Waals surface area contributed by atoms with Crippen LogP contribution in [-0.4, -0.2) is 35.9 Å². The van der Waals surface area contributed by atoms with Crippen LogP contribution in [0.25, 0.3) is 0 Å². The molecule has 0 aliphatic carbocycles. The number of carboxylic acid groups (broad SMARTS) is 1. The van der Waals surface area contributed by atoms with Gasteiger partial charge in [-0.25, -0.2) is 4.79 Å². The maximum atomic E-state index is 12.7. The molecule has 0 saturated heterocycles. The van der Waals surface area contributed by atoms with Crippen LogP contribution in [0.3, 0.4) is 0 Å². The lowest BCUT2D eigenvalue weighted by Gasteiger charge is -2.12. The Morgan fingerprint density at radius 3 is 2.21 bits per heavy atom. The highest BCUT2D eigenvalue weighted by Crippen LogP contribution is 2.27. The highest BCUT2D eigenvalue weighted by Gasteiger charge is 2.29. The van der Waals surface area contributed by atoms with Crippen molar-refractivity contribution in [2.75, 3.05) is 29.3 Å². The van der Waals surface area contributed by atoms with Gasteiger partial charge < -0.3 is 25.6 Å². The number of terminal acetylenes is 2. The minimum atomic E-state index is -1.03. The van der Waals surface area contributed by atoms with E-state index in [1.165, 1.54) is 29.3 Å². The lowest BCUT2D eigenvalue weighted by Crippen LogP contribution is -2.21. The van der Waals surface area contributed by atoms with Crippen LogP contribution in [0, 0.1) is 24.7 Å². The Balaban J connectivity index is 0.000000320. The maximum Gasteiger partial charge on any atom is 0.335 e. The number of carbonyl (C=O) groups excluding carboxylic acids is 1. The van der Waals surface area contributed by atoms with E-state index in [4.69, 9.17) is 33.2 Å². The van der Waals surface area contributed by atoms with E-state index >= 15 is 0 Å². The monoisotopic (exact) mass is 522 g/mol. The topological polar surface area (TPSA) is 126 Å². The zero-order valence-electron chi connectivity index (χ0n) is 21.1. The van der Waals surface area contributed by atoms with Crippen LogP contribution in [-0.2, 0) is 4.79 Å². The van der Waals surface area contributed by atoms with E-state index in [1.54, 1.807) is 37.4 Å². The smallest absolute Gasteiger partial charge is 0.335 e. The fourth-order valence-corrected chi connectivity index (χ4v) is 3.32. The number of benzene rings is 3. The second-order valence-electron chi connectivity index (χ2n) is 7.88. The van der Waals surface area contributed by atoms with Crippen molar-refractivity contribution in [2.45, 2.75) is 6.92 Å². The van der Waals surface area contributed by atoms with E-state index in [0.717, 1.165) is 0 Å². The molecule has 0 unspecified atom stereocenters. The van der Waals surface area contributed by atoms with E-state index in [0.29, 0.717) is 39.8 Å². The number of amides is 1. The molecule has 0 spiro atoms. The number of rotatable bonds is 8. The summed E-state index contributed by atoms with van der Waals surface area (Å²) < 4.78 is 10.6. The first kappa shape index (κ1) is 27.9. The third-order valence-electron chi connectivity index (χ3n) is 5.22. The Bertz CT molecular complexity index is 1480. The van der Waals surface area contributed by atoms with Gasteiger partial charge in [-0.05, 0) is 55.5 Å². The Morgan fingerprint density at radius 1 is 1.00 bits per heavy atom. The second-order valence-corrected chi connectivity index (χ2v) is 7.88. The zero-order valence-corrected chi connectivity index (χ0v) is 21.1. The molecule has 3 aromatic rings. The van der Waals surface area contributed by atoms with Gasteiger partial charge in [0.25, 0.3) is 5.91 Å². The van der Waals surface area contributed by atoms with Gasteiger partial charge in [0.15, 0.2) is 0 Å². The number of hydrazone groups is 1. The number of anilines is 3. The molecule has 1 aliphatic rings. The average Bonchev–Trinajstić information content (AvgIpc) is 3.23. The van der Waals surface area contributed by atoms with Gasteiger partial charge in [-0.15, -0.1) is 12.8 Å². The predicted octanol–water partition coefficient (Wildman–Crippen LogP) is 4.40. The fourth-order valence-electron chi connectivity index (χ4n) is 3.32. The van der Waals surface area contributed by atoms with Gasteiger partial charge in [0.1, 0.15) is 24.7 Å². The van der Waals surface area contributed by atoms with Crippen molar-refractivity contribution in [3.63, 3.8) is 0 Å². The molecule has 9 nitrogen and oxygen atoms in total. The molecule has 4 rings (SSSR count). The molecule has 0 aromatic heterocycles. The molecule has 4 N–H and O–H groups in total. The molecule has 1 aliphatic heterocycles. The number of nitrogens with one attached hydrogen (secondary N) is 1. The number of nitrogens with zero attached hydrogens (tertiary/aromatic N) is 2. The van der Waals surface area contributed by atoms with E-state index in [-0.39, 0.29) is 24.7 Å². The van der Waals surface area contributed by atoms with Crippen molar-refractivity contribution < 1.29 is 24.2 Å². The summed E-state index contributed by atoms with van der Waals surface area (Å²) in [5, 5.41) is 17.5. The van der Waals surface area contributed by atoms with Crippen LogP contribution in [0.5, 0.6) is 11.5 Å². The van der Waals surface area contributed by atoms with Crippen molar-refractivity contribution in [2.24, 2.45) is 5.10 Å². The summed E-state index contributed by atoms with van der Waals surface area (Å²) in [6.07, 6.45) is 11.8. The molecule has 1 amide bonds. The summed E-state index contributed by atoms with van der Waals surface area (Å²) in [5.41, 5.74) is 8.37. The number of hydrogen-bond donors (Lipinski definition) is 3. The number of para-hydroxylation sites is 4. The van der Waals surface area contributed by atoms with Gasteiger partial charge in [-0.1, -0.05) is 36.1 Å². The Hall–Kier alpha value is -5.67. The number of hydrogen-bond acceptors (Lipinski definition) is 7. The molecule has 0 atom stereocenters. The molecule has 9 heteroatoms. The Morgan fingerprint density at radius 2 is 1.59 bits per heavy atom. The average molecular weight is 523 g/mol. The van der Waals surface area contributed by atoms with Crippen LogP contribution >= 0.6 is 0 Å². The quantitative estimate of drug-likeness (QED) is 0.227. The predicted molar refractivity (Wildman–Crippen MR) is 152 cm³/mol. The van der Waals surface area contributed by atoms with Gasteiger partial charge in [-0.3, -0.25) is 4.79 Å². The Labute approximate surface area is 226 Å². The van der Waals surface area contributed by atoms with Crippen LogP contribution < -0.4 is 25.5 Å². The fraction of sp³-hybridized carbons (Fsp3) is 0.100. The molecule has 0 fully saturated rings. The number of ether oxygens (including phenoxy) is 2. The summed E-state index contributed by atoms with van der Waals surface area (Å²) >= 11 is 0. The summed E-state index contributed by atoms with van der Waals surface area (Å²) in [7, 11) is 0. The van der Waals surface area contributed by atoms with Crippen LogP contribution in [0.15, 0.2) is 89.7 Å². The molecule has 196 valence electrons. The first-order chi connectivity index (χ1) is 18.8. The molecule has 1 heterocycles. The molecular weight excluding hydrogens is 496 g/mol. The van der Waals surface area contributed by atoms with Gasteiger partial charge >= 0.3 is 5.97 Å².